The van der Waals surface area contributed by atoms with Crippen LogP contribution in [0.3, 0.4) is 0 Å². The molecule has 1 N–H and O–H groups in total. The number of aromatic nitrogens is 2. The van der Waals surface area contributed by atoms with Crippen LogP contribution in [0.1, 0.15) is 5.56 Å². The minimum atomic E-state index is 0.666. The Hall–Kier alpha value is -2.59. The Morgan fingerprint density at radius 2 is 1.83 bits per heavy atom. The molecule has 0 atom stereocenters. The van der Waals surface area contributed by atoms with Crippen LogP contribution in [0, 0.1) is 0 Å². The summed E-state index contributed by atoms with van der Waals surface area (Å²) >= 11 is 6.19. The quantitative estimate of drug-likeness (QED) is 0.767. The van der Waals surface area contributed by atoms with Gasteiger partial charge in [-0.2, -0.15) is 0 Å². The first-order chi connectivity index (χ1) is 11.3. The van der Waals surface area contributed by atoms with E-state index in [0.717, 1.165) is 30.3 Å². The first-order valence-electron chi connectivity index (χ1n) is 7.50. The number of rotatable bonds is 3. The predicted octanol–water partition coefficient (Wildman–Crippen LogP) is 4.57. The van der Waals surface area contributed by atoms with E-state index < -0.39 is 0 Å². The van der Waals surface area contributed by atoms with Gasteiger partial charge in [-0.1, -0.05) is 41.9 Å². The standard InChI is InChI=1S/C18H15ClN4/c19-14-6-2-3-7-15(14)22-17-11-18(21-12-20-17)23-10-9-13-5-1-4-8-16(13)23/h1-8,11-12H,9-10H2,(H,20,21,22). The molecular weight excluding hydrogens is 308 g/mol. The Morgan fingerprint density at radius 1 is 1.00 bits per heavy atom. The third kappa shape index (κ3) is 2.73. The number of anilines is 4. The van der Waals surface area contributed by atoms with Crippen LogP contribution in [-0.2, 0) is 6.42 Å². The van der Waals surface area contributed by atoms with Crippen LogP contribution in [0.5, 0.6) is 0 Å². The first kappa shape index (κ1) is 14.0. The molecule has 0 radical (unpaired) electrons. The molecule has 0 aliphatic carbocycles. The minimum absolute atomic E-state index is 0.666. The molecule has 0 bridgehead atoms. The van der Waals surface area contributed by atoms with Crippen LogP contribution in [0.25, 0.3) is 0 Å². The number of hydrogen-bond acceptors (Lipinski definition) is 4. The van der Waals surface area contributed by atoms with E-state index in [0.29, 0.717) is 5.02 Å². The number of fused-ring (bicyclic) bond motifs is 1. The van der Waals surface area contributed by atoms with Gasteiger partial charge in [-0.05, 0) is 30.2 Å². The minimum Gasteiger partial charge on any atom is -0.339 e. The third-order valence-corrected chi connectivity index (χ3v) is 4.28. The zero-order valence-electron chi connectivity index (χ0n) is 12.4. The zero-order valence-corrected chi connectivity index (χ0v) is 13.2. The van der Waals surface area contributed by atoms with E-state index in [1.54, 1.807) is 6.33 Å². The highest BCUT2D eigenvalue weighted by Crippen LogP contribution is 2.34. The van der Waals surface area contributed by atoms with Crippen molar-refractivity contribution in [2.24, 2.45) is 0 Å². The van der Waals surface area contributed by atoms with Crippen LogP contribution in [0.15, 0.2) is 60.9 Å². The van der Waals surface area contributed by atoms with Crippen molar-refractivity contribution in [3.63, 3.8) is 0 Å². The smallest absolute Gasteiger partial charge is 0.138 e. The molecule has 0 spiro atoms. The maximum Gasteiger partial charge on any atom is 0.138 e. The van der Waals surface area contributed by atoms with Gasteiger partial charge in [0.2, 0.25) is 0 Å². The molecular formula is C18H15ClN4. The van der Waals surface area contributed by atoms with E-state index >= 15 is 0 Å². The normalized spacial score (nSPS) is 13.0. The lowest BCUT2D eigenvalue weighted by molar-refractivity contribution is 0.965. The van der Waals surface area contributed by atoms with Crippen molar-refractivity contribution in [1.29, 1.82) is 0 Å². The molecule has 3 aromatic rings. The maximum atomic E-state index is 6.19. The monoisotopic (exact) mass is 322 g/mol. The third-order valence-electron chi connectivity index (χ3n) is 3.95. The average Bonchev–Trinajstić information content (AvgIpc) is 3.01. The van der Waals surface area contributed by atoms with Gasteiger partial charge in [-0.3, -0.25) is 0 Å². The number of halogens is 1. The van der Waals surface area contributed by atoms with Crippen molar-refractivity contribution >= 4 is 34.6 Å². The molecule has 0 saturated carbocycles. The van der Waals surface area contributed by atoms with Crippen molar-refractivity contribution in [1.82, 2.24) is 9.97 Å². The summed E-state index contributed by atoms with van der Waals surface area (Å²) in [5.74, 6) is 1.62. The molecule has 4 rings (SSSR count). The second-order valence-corrected chi connectivity index (χ2v) is 5.80. The van der Waals surface area contributed by atoms with Gasteiger partial charge in [0.25, 0.3) is 0 Å². The van der Waals surface area contributed by atoms with E-state index in [9.17, 15) is 0 Å². The topological polar surface area (TPSA) is 41.0 Å². The summed E-state index contributed by atoms with van der Waals surface area (Å²) in [6, 6.07) is 18.0. The second kappa shape index (κ2) is 5.89. The van der Waals surface area contributed by atoms with Crippen molar-refractivity contribution < 1.29 is 0 Å². The molecule has 0 unspecified atom stereocenters. The summed E-state index contributed by atoms with van der Waals surface area (Å²) in [5.41, 5.74) is 3.40. The van der Waals surface area contributed by atoms with Crippen LogP contribution in [0.2, 0.25) is 5.02 Å². The fraction of sp³-hybridized carbons (Fsp3) is 0.111. The lowest BCUT2D eigenvalue weighted by atomic mass is 10.2. The molecule has 1 aliphatic heterocycles. The first-order valence-corrected chi connectivity index (χ1v) is 7.88. The highest BCUT2D eigenvalue weighted by atomic mass is 35.5. The highest BCUT2D eigenvalue weighted by molar-refractivity contribution is 6.33. The van der Waals surface area contributed by atoms with Gasteiger partial charge in [0.1, 0.15) is 18.0 Å². The van der Waals surface area contributed by atoms with E-state index in [1.807, 2.05) is 30.3 Å². The van der Waals surface area contributed by atoms with E-state index in [1.165, 1.54) is 11.3 Å². The van der Waals surface area contributed by atoms with Crippen LogP contribution < -0.4 is 10.2 Å². The highest BCUT2D eigenvalue weighted by Gasteiger charge is 2.21. The number of benzene rings is 2. The van der Waals surface area contributed by atoms with E-state index in [2.05, 4.69) is 44.5 Å². The molecule has 2 aromatic carbocycles. The van der Waals surface area contributed by atoms with E-state index in [4.69, 9.17) is 11.6 Å². The van der Waals surface area contributed by atoms with Gasteiger partial charge in [0.15, 0.2) is 0 Å². The maximum absolute atomic E-state index is 6.19. The molecule has 2 heterocycles. The summed E-state index contributed by atoms with van der Waals surface area (Å²) in [6.07, 6.45) is 2.61. The average molecular weight is 323 g/mol. The van der Waals surface area contributed by atoms with Gasteiger partial charge in [-0.15, -0.1) is 0 Å². The Bertz CT molecular complexity index is 850. The molecule has 1 aromatic heterocycles. The molecule has 0 fully saturated rings. The molecule has 23 heavy (non-hydrogen) atoms. The molecule has 4 nitrogen and oxygen atoms in total. The lowest BCUT2D eigenvalue weighted by Crippen LogP contribution is -2.15. The predicted molar refractivity (Wildman–Crippen MR) is 93.9 cm³/mol. The van der Waals surface area contributed by atoms with Gasteiger partial charge in [0.05, 0.1) is 10.7 Å². The Morgan fingerprint density at radius 3 is 2.74 bits per heavy atom. The van der Waals surface area contributed by atoms with Crippen LogP contribution >= 0.6 is 11.6 Å². The van der Waals surface area contributed by atoms with Crippen molar-refractivity contribution in [2.45, 2.75) is 6.42 Å². The Labute approximate surface area is 139 Å². The van der Waals surface area contributed by atoms with Gasteiger partial charge in [-0.25, -0.2) is 9.97 Å². The Balaban J connectivity index is 1.64. The van der Waals surface area contributed by atoms with Gasteiger partial charge in [0, 0.05) is 18.3 Å². The van der Waals surface area contributed by atoms with Gasteiger partial charge < -0.3 is 10.2 Å². The largest absolute Gasteiger partial charge is 0.339 e. The molecule has 1 aliphatic rings. The number of para-hydroxylation sites is 2. The summed E-state index contributed by atoms with van der Waals surface area (Å²) in [7, 11) is 0. The second-order valence-electron chi connectivity index (χ2n) is 5.40. The summed E-state index contributed by atoms with van der Waals surface area (Å²) in [5, 5.41) is 3.92. The van der Waals surface area contributed by atoms with Crippen molar-refractivity contribution in [2.75, 3.05) is 16.8 Å². The summed E-state index contributed by atoms with van der Waals surface area (Å²) in [4.78, 5) is 10.9. The van der Waals surface area contributed by atoms with E-state index in [-0.39, 0.29) is 0 Å². The molecule has 0 amide bonds. The zero-order chi connectivity index (χ0) is 15.6. The van der Waals surface area contributed by atoms with Crippen molar-refractivity contribution in [3.8, 4) is 0 Å². The van der Waals surface area contributed by atoms with Gasteiger partial charge >= 0.3 is 0 Å². The number of nitrogens with zero attached hydrogens (tertiary/aromatic N) is 3. The van der Waals surface area contributed by atoms with Crippen LogP contribution in [0.4, 0.5) is 23.0 Å². The fourth-order valence-corrected chi connectivity index (χ4v) is 3.02. The number of hydrogen-bond donors (Lipinski definition) is 1. The summed E-state index contributed by atoms with van der Waals surface area (Å²) in [6.45, 7) is 0.932. The van der Waals surface area contributed by atoms with Crippen molar-refractivity contribution in [3.05, 3.63) is 71.5 Å². The molecule has 5 heteroatoms. The molecule has 0 saturated heterocycles. The SMILES string of the molecule is Clc1ccccc1Nc1cc(N2CCc3ccccc32)ncn1. The number of nitrogens with one attached hydrogen (secondary N) is 1. The Kier molecular flexibility index (Phi) is 3.60. The van der Waals surface area contributed by atoms with Crippen LogP contribution in [-0.4, -0.2) is 16.5 Å². The summed E-state index contributed by atoms with van der Waals surface area (Å²) < 4.78 is 0. The fourth-order valence-electron chi connectivity index (χ4n) is 2.84. The molecule has 114 valence electrons. The lowest BCUT2D eigenvalue weighted by Gasteiger charge is -2.18.